The summed E-state index contributed by atoms with van der Waals surface area (Å²) in [5.41, 5.74) is 0.677. The number of aryl methyl sites for hydroxylation is 1. The molecule has 2 bridgehead atoms. The first kappa shape index (κ1) is 11.5. The third-order valence-corrected chi connectivity index (χ3v) is 2.22. The lowest BCUT2D eigenvalue weighted by molar-refractivity contribution is -0.155. The van der Waals surface area contributed by atoms with E-state index in [0.29, 0.717) is 12.0 Å². The molecule has 0 aliphatic carbocycles. The molecule has 0 spiro atoms. The Morgan fingerprint density at radius 1 is 1.29 bits per heavy atom. The summed E-state index contributed by atoms with van der Waals surface area (Å²) in [4.78, 5) is 29.9. The van der Waals surface area contributed by atoms with Gasteiger partial charge in [-0.3, -0.25) is 0 Å². The van der Waals surface area contributed by atoms with E-state index < -0.39 is 11.9 Å². The number of aromatic nitrogens is 2. The number of carbonyl (C=O) groups excluding carboxylic acids is 2. The second-order valence-electron chi connectivity index (χ2n) is 3.47. The van der Waals surface area contributed by atoms with Crippen molar-refractivity contribution in [1.82, 2.24) is 15.3 Å². The molecule has 1 aromatic heterocycles. The van der Waals surface area contributed by atoms with Crippen LogP contribution in [-0.4, -0.2) is 35.5 Å². The summed E-state index contributed by atoms with van der Waals surface area (Å²) in [5.74, 6) is -2.08. The van der Waals surface area contributed by atoms with Crippen LogP contribution in [0.4, 0.5) is 0 Å². The van der Waals surface area contributed by atoms with Crippen molar-refractivity contribution < 1.29 is 19.1 Å². The third-order valence-electron chi connectivity index (χ3n) is 2.22. The van der Waals surface area contributed by atoms with Crippen molar-refractivity contribution in [3.05, 3.63) is 11.8 Å². The summed E-state index contributed by atoms with van der Waals surface area (Å²) < 4.78 is 9.37. The number of nitrogens with zero attached hydrogens (tertiary/aromatic N) is 2. The molecule has 1 N–H and O–H groups in total. The van der Waals surface area contributed by atoms with Gasteiger partial charge in [-0.15, -0.1) is 0 Å². The average molecular weight is 237 g/mol. The van der Waals surface area contributed by atoms with E-state index in [1.807, 2.05) is 7.05 Å². The number of hydrogen-bond donors (Lipinski definition) is 1. The van der Waals surface area contributed by atoms with E-state index in [9.17, 15) is 9.59 Å². The van der Waals surface area contributed by atoms with Crippen molar-refractivity contribution in [3.8, 4) is 11.9 Å². The molecule has 0 aromatic carbocycles. The van der Waals surface area contributed by atoms with Crippen molar-refractivity contribution in [2.75, 3.05) is 13.6 Å². The minimum atomic E-state index is -1.10. The van der Waals surface area contributed by atoms with Gasteiger partial charge in [0.2, 0.25) is 5.88 Å². The smallest absolute Gasteiger partial charge is 0.398 e. The molecule has 0 atom stereocenters. The van der Waals surface area contributed by atoms with Crippen LogP contribution < -0.4 is 14.8 Å². The van der Waals surface area contributed by atoms with Gasteiger partial charge in [0.1, 0.15) is 0 Å². The summed E-state index contributed by atoms with van der Waals surface area (Å²) in [6.07, 6.45) is 3.00. The molecular weight excluding hydrogens is 226 g/mol. The van der Waals surface area contributed by atoms with Crippen molar-refractivity contribution in [2.45, 2.75) is 12.8 Å². The van der Waals surface area contributed by atoms with Gasteiger partial charge in [0, 0.05) is 11.8 Å². The number of carbonyl (C=O) groups is 2. The molecule has 1 aliphatic rings. The van der Waals surface area contributed by atoms with Crippen LogP contribution in [0.1, 0.15) is 12.0 Å². The molecule has 0 saturated carbocycles. The van der Waals surface area contributed by atoms with Crippen LogP contribution in [0.3, 0.4) is 0 Å². The fourth-order valence-corrected chi connectivity index (χ4v) is 1.39. The van der Waals surface area contributed by atoms with Gasteiger partial charge in [-0.05, 0) is 26.4 Å². The summed E-state index contributed by atoms with van der Waals surface area (Å²) in [5, 5.41) is 3.00. The van der Waals surface area contributed by atoms with Gasteiger partial charge in [-0.1, -0.05) is 0 Å². The Morgan fingerprint density at radius 3 is 2.82 bits per heavy atom. The average Bonchev–Trinajstić information content (AvgIpc) is 2.41. The number of fused-ring (bicyclic) bond motifs is 2. The Balaban J connectivity index is 2.18. The Morgan fingerprint density at radius 2 is 2.06 bits per heavy atom. The molecule has 1 aromatic rings. The maximum atomic E-state index is 11.2. The van der Waals surface area contributed by atoms with E-state index in [1.54, 1.807) is 0 Å². The largest absolute Gasteiger partial charge is 0.425 e. The molecule has 7 heteroatoms. The standard InChI is InChI=1S/C10H11N3O4/c1-11-4-2-3-6-5-12-10-13-7(6)16-8(14)9(15)17-10/h5,11H,2-4H2,1H3. The van der Waals surface area contributed by atoms with E-state index in [4.69, 9.17) is 4.74 Å². The highest BCUT2D eigenvalue weighted by Crippen LogP contribution is 2.21. The second-order valence-corrected chi connectivity index (χ2v) is 3.47. The summed E-state index contributed by atoms with van der Waals surface area (Å²) in [6, 6.07) is -0.159. The van der Waals surface area contributed by atoms with E-state index in [0.717, 1.165) is 13.0 Å². The Kier molecular flexibility index (Phi) is 3.29. The number of hydrogen-bond acceptors (Lipinski definition) is 7. The van der Waals surface area contributed by atoms with Crippen LogP contribution in [0.2, 0.25) is 0 Å². The van der Waals surface area contributed by atoms with Crippen molar-refractivity contribution in [3.63, 3.8) is 0 Å². The van der Waals surface area contributed by atoms with Crippen LogP contribution in [0.15, 0.2) is 6.20 Å². The van der Waals surface area contributed by atoms with Gasteiger partial charge in [0.05, 0.1) is 0 Å². The predicted molar refractivity (Wildman–Crippen MR) is 55.5 cm³/mol. The van der Waals surface area contributed by atoms with Gasteiger partial charge < -0.3 is 14.8 Å². The van der Waals surface area contributed by atoms with E-state index >= 15 is 0 Å². The molecule has 7 nitrogen and oxygen atoms in total. The number of esters is 2. The number of rotatable bonds is 4. The zero-order chi connectivity index (χ0) is 12.3. The molecular formula is C10H11N3O4. The van der Waals surface area contributed by atoms with E-state index in [-0.39, 0.29) is 11.9 Å². The van der Waals surface area contributed by atoms with Crippen LogP contribution in [0.25, 0.3) is 0 Å². The van der Waals surface area contributed by atoms with Crippen molar-refractivity contribution >= 4 is 11.9 Å². The van der Waals surface area contributed by atoms with Gasteiger partial charge in [0.25, 0.3) is 0 Å². The fraction of sp³-hybridized carbons (Fsp3) is 0.400. The van der Waals surface area contributed by atoms with Crippen molar-refractivity contribution in [2.24, 2.45) is 0 Å². The summed E-state index contributed by atoms with van der Waals surface area (Å²) >= 11 is 0. The maximum Gasteiger partial charge on any atom is 0.425 e. The monoisotopic (exact) mass is 237 g/mol. The first-order valence-corrected chi connectivity index (χ1v) is 5.15. The Labute approximate surface area is 97.2 Å². The third kappa shape index (κ3) is 2.56. The lowest BCUT2D eigenvalue weighted by Gasteiger charge is -2.04. The zero-order valence-electron chi connectivity index (χ0n) is 9.23. The van der Waals surface area contributed by atoms with Gasteiger partial charge >= 0.3 is 17.9 Å². The zero-order valence-corrected chi connectivity index (χ0v) is 9.23. The number of nitrogens with one attached hydrogen (secondary N) is 1. The molecule has 0 unspecified atom stereocenters. The summed E-state index contributed by atoms with van der Waals surface area (Å²) in [6.45, 7) is 0.824. The highest BCUT2D eigenvalue weighted by molar-refractivity contribution is 6.31. The molecule has 1 aliphatic heterocycles. The molecule has 0 saturated heterocycles. The Hall–Kier alpha value is -2.02. The Bertz CT molecular complexity index is 461. The van der Waals surface area contributed by atoms with Crippen LogP contribution in [0.5, 0.6) is 11.9 Å². The normalized spacial score (nSPS) is 13.9. The molecule has 90 valence electrons. The van der Waals surface area contributed by atoms with Crippen molar-refractivity contribution in [1.29, 1.82) is 0 Å². The second kappa shape index (κ2) is 4.88. The quantitative estimate of drug-likeness (QED) is 0.427. The molecule has 0 fully saturated rings. The lowest BCUT2D eigenvalue weighted by atomic mass is 10.2. The fourth-order valence-electron chi connectivity index (χ4n) is 1.39. The maximum absolute atomic E-state index is 11.2. The minimum Gasteiger partial charge on any atom is -0.398 e. The highest BCUT2D eigenvalue weighted by atomic mass is 16.6. The number of ether oxygens (including phenoxy) is 2. The molecule has 0 amide bonds. The first-order chi connectivity index (χ1) is 8.20. The molecule has 2 heterocycles. The molecule has 0 radical (unpaired) electrons. The molecule has 17 heavy (non-hydrogen) atoms. The highest BCUT2D eigenvalue weighted by Gasteiger charge is 2.27. The SMILES string of the molecule is CNCCCc1cnc2nc1OC(=O)C(=O)O2. The van der Waals surface area contributed by atoms with Crippen LogP contribution >= 0.6 is 0 Å². The molecule has 2 rings (SSSR count). The minimum absolute atomic E-state index is 0.0990. The summed E-state index contributed by atoms with van der Waals surface area (Å²) in [7, 11) is 1.85. The van der Waals surface area contributed by atoms with Crippen LogP contribution in [-0.2, 0) is 16.0 Å². The van der Waals surface area contributed by atoms with Gasteiger partial charge in [-0.25, -0.2) is 14.6 Å². The van der Waals surface area contributed by atoms with Crippen LogP contribution in [0, 0.1) is 0 Å². The lowest BCUT2D eigenvalue weighted by Crippen LogP contribution is -2.23. The predicted octanol–water partition coefficient (Wildman–Crippen LogP) is -0.547. The van der Waals surface area contributed by atoms with Gasteiger partial charge in [0.15, 0.2) is 0 Å². The first-order valence-electron chi connectivity index (χ1n) is 5.15. The van der Waals surface area contributed by atoms with Gasteiger partial charge in [-0.2, -0.15) is 4.98 Å². The van der Waals surface area contributed by atoms with E-state index in [2.05, 4.69) is 20.0 Å². The van der Waals surface area contributed by atoms with E-state index in [1.165, 1.54) is 6.20 Å². The topological polar surface area (TPSA) is 90.4 Å².